The van der Waals surface area contributed by atoms with Crippen molar-refractivity contribution >= 4 is 21.6 Å². The summed E-state index contributed by atoms with van der Waals surface area (Å²) >= 11 is 0. The number of nitrogens with zero attached hydrogens (tertiary/aromatic N) is 4. The molecule has 204 valence electrons. The van der Waals surface area contributed by atoms with Gasteiger partial charge in [-0.2, -0.15) is 9.57 Å². The van der Waals surface area contributed by atoms with Crippen LogP contribution in [0.15, 0.2) is 47.4 Å². The molecule has 2 saturated heterocycles. The van der Waals surface area contributed by atoms with Crippen LogP contribution in [-0.4, -0.2) is 73.3 Å². The Labute approximate surface area is 226 Å². The van der Waals surface area contributed by atoms with E-state index < -0.39 is 10.0 Å². The number of hydrazine groups is 1. The van der Waals surface area contributed by atoms with Crippen molar-refractivity contribution in [1.29, 1.82) is 5.26 Å². The maximum Gasteiger partial charge on any atom is 0.243 e. The third kappa shape index (κ3) is 6.60. The molecule has 2 aromatic carbocycles. The van der Waals surface area contributed by atoms with Crippen LogP contribution in [0.1, 0.15) is 49.8 Å². The number of piperazine rings is 1. The van der Waals surface area contributed by atoms with E-state index in [-0.39, 0.29) is 29.4 Å². The van der Waals surface area contributed by atoms with Gasteiger partial charge >= 0.3 is 0 Å². The lowest BCUT2D eigenvalue weighted by Gasteiger charge is -2.43. The van der Waals surface area contributed by atoms with E-state index in [0.29, 0.717) is 18.7 Å². The smallest absolute Gasteiger partial charge is 0.243 e. The largest absolute Gasteiger partial charge is 0.325 e. The molecule has 2 atom stereocenters. The second-order valence-electron chi connectivity index (χ2n) is 10.4. The molecule has 0 spiro atoms. The van der Waals surface area contributed by atoms with E-state index in [0.717, 1.165) is 36.4 Å². The summed E-state index contributed by atoms with van der Waals surface area (Å²) in [5.41, 5.74) is 6.81. The Morgan fingerprint density at radius 1 is 1.05 bits per heavy atom. The van der Waals surface area contributed by atoms with Crippen molar-refractivity contribution in [1.82, 2.24) is 19.6 Å². The predicted octanol–water partition coefficient (Wildman–Crippen LogP) is 3.08. The molecule has 1 amide bonds. The van der Waals surface area contributed by atoms with Gasteiger partial charge in [0.05, 0.1) is 23.1 Å². The quantitative estimate of drug-likeness (QED) is 0.532. The molecule has 2 N–H and O–H groups in total. The molecule has 2 aliphatic rings. The van der Waals surface area contributed by atoms with Crippen LogP contribution in [0, 0.1) is 18.3 Å². The molecule has 10 heteroatoms. The molecule has 0 radical (unpaired) electrons. The number of carbonyl (C=O) groups excluding carboxylic acids is 1. The first kappa shape index (κ1) is 28.2. The minimum absolute atomic E-state index is 0.117. The van der Waals surface area contributed by atoms with Crippen LogP contribution in [0.5, 0.6) is 0 Å². The lowest BCUT2D eigenvalue weighted by molar-refractivity contribution is -0.118. The van der Waals surface area contributed by atoms with E-state index in [2.05, 4.69) is 21.8 Å². The van der Waals surface area contributed by atoms with Gasteiger partial charge < -0.3 is 5.32 Å². The number of amides is 1. The summed E-state index contributed by atoms with van der Waals surface area (Å²) in [5, 5.41) is 14.5. The second-order valence-corrected chi connectivity index (χ2v) is 12.2. The maximum atomic E-state index is 13.4. The molecule has 2 aromatic rings. The van der Waals surface area contributed by atoms with Gasteiger partial charge in [0.1, 0.15) is 0 Å². The Hall–Kier alpha value is -2.81. The van der Waals surface area contributed by atoms with Crippen LogP contribution >= 0.6 is 0 Å². The Morgan fingerprint density at radius 2 is 1.74 bits per heavy atom. The van der Waals surface area contributed by atoms with Gasteiger partial charge in [0.15, 0.2) is 0 Å². The van der Waals surface area contributed by atoms with E-state index in [1.165, 1.54) is 35.7 Å². The average Bonchev–Trinajstić information content (AvgIpc) is 2.89. The zero-order chi connectivity index (χ0) is 27.3. The van der Waals surface area contributed by atoms with Gasteiger partial charge in [0.25, 0.3) is 0 Å². The number of rotatable bonds is 8. The minimum Gasteiger partial charge on any atom is -0.325 e. The number of hydrogen-bond donors (Lipinski definition) is 2. The molecule has 2 unspecified atom stereocenters. The van der Waals surface area contributed by atoms with E-state index >= 15 is 0 Å². The number of benzene rings is 2. The average molecular weight is 539 g/mol. The van der Waals surface area contributed by atoms with Crippen molar-refractivity contribution in [2.24, 2.45) is 0 Å². The van der Waals surface area contributed by atoms with Gasteiger partial charge in [0.2, 0.25) is 15.9 Å². The van der Waals surface area contributed by atoms with Crippen molar-refractivity contribution in [3.05, 3.63) is 59.2 Å². The number of nitrogens with one attached hydrogen (secondary N) is 2. The maximum absolute atomic E-state index is 13.4. The molecular formula is C28H38N6O3S. The first-order valence-electron chi connectivity index (χ1n) is 13.3. The van der Waals surface area contributed by atoms with Crippen molar-refractivity contribution < 1.29 is 13.2 Å². The number of anilines is 1. The number of hydrogen-bond acceptors (Lipinski definition) is 7. The van der Waals surface area contributed by atoms with Gasteiger partial charge in [-0.25, -0.2) is 13.4 Å². The number of piperidine rings is 1. The van der Waals surface area contributed by atoms with Crippen LogP contribution in [0.2, 0.25) is 0 Å². The topological polar surface area (TPSA) is 109 Å². The van der Waals surface area contributed by atoms with Gasteiger partial charge in [0, 0.05) is 50.5 Å². The summed E-state index contributed by atoms with van der Waals surface area (Å²) in [7, 11) is -3.77. The van der Waals surface area contributed by atoms with Crippen LogP contribution in [0.3, 0.4) is 0 Å². The SMILES string of the molecule is Cc1c(CNN2CCCCC2)cccc1NC(=O)CN1CC(C)N(S(=O)(=O)c2cccc(C#N)c2)C(C)C1. The highest BCUT2D eigenvalue weighted by atomic mass is 32.2. The fourth-order valence-corrected chi connectivity index (χ4v) is 7.37. The Kier molecular flexibility index (Phi) is 9.18. The van der Waals surface area contributed by atoms with E-state index in [1.54, 1.807) is 12.1 Å². The molecular weight excluding hydrogens is 500 g/mol. The van der Waals surface area contributed by atoms with Gasteiger partial charge in [-0.05, 0) is 69.0 Å². The third-order valence-electron chi connectivity index (χ3n) is 7.39. The van der Waals surface area contributed by atoms with E-state index in [4.69, 9.17) is 0 Å². The molecule has 0 aromatic heterocycles. The van der Waals surface area contributed by atoms with Crippen molar-refractivity contribution in [2.75, 3.05) is 38.0 Å². The number of nitriles is 1. The van der Waals surface area contributed by atoms with Crippen LogP contribution in [-0.2, 0) is 21.4 Å². The molecule has 0 saturated carbocycles. The Balaban J connectivity index is 1.36. The molecule has 38 heavy (non-hydrogen) atoms. The summed E-state index contributed by atoms with van der Waals surface area (Å²) in [5.74, 6) is -0.119. The Morgan fingerprint density at radius 3 is 2.42 bits per heavy atom. The summed E-state index contributed by atoms with van der Waals surface area (Å²) in [6.45, 7) is 9.64. The summed E-state index contributed by atoms with van der Waals surface area (Å²) in [4.78, 5) is 15.1. The minimum atomic E-state index is -3.77. The summed E-state index contributed by atoms with van der Waals surface area (Å²) in [6.07, 6.45) is 3.72. The highest BCUT2D eigenvalue weighted by Gasteiger charge is 2.39. The fraction of sp³-hybridized carbons (Fsp3) is 0.500. The monoisotopic (exact) mass is 538 g/mol. The summed E-state index contributed by atoms with van der Waals surface area (Å²) in [6, 6.07) is 13.4. The Bertz CT molecular complexity index is 1270. The zero-order valence-electron chi connectivity index (χ0n) is 22.5. The first-order valence-corrected chi connectivity index (χ1v) is 14.8. The molecule has 0 bridgehead atoms. The van der Waals surface area contributed by atoms with Crippen LogP contribution < -0.4 is 10.7 Å². The van der Waals surface area contributed by atoms with Gasteiger partial charge in [-0.3, -0.25) is 15.1 Å². The molecule has 2 aliphatic heterocycles. The fourth-order valence-electron chi connectivity index (χ4n) is 5.52. The van der Waals surface area contributed by atoms with Crippen molar-refractivity contribution in [3.8, 4) is 6.07 Å². The highest BCUT2D eigenvalue weighted by molar-refractivity contribution is 7.89. The van der Waals surface area contributed by atoms with Crippen molar-refractivity contribution in [3.63, 3.8) is 0 Å². The van der Waals surface area contributed by atoms with Crippen LogP contribution in [0.25, 0.3) is 0 Å². The highest BCUT2D eigenvalue weighted by Crippen LogP contribution is 2.26. The molecule has 2 fully saturated rings. The van der Waals surface area contributed by atoms with Crippen LogP contribution in [0.4, 0.5) is 5.69 Å². The number of sulfonamides is 1. The van der Waals surface area contributed by atoms with Crippen molar-refractivity contribution in [2.45, 2.75) is 63.6 Å². The van der Waals surface area contributed by atoms with Gasteiger partial charge in [-0.15, -0.1) is 0 Å². The lowest BCUT2D eigenvalue weighted by atomic mass is 10.1. The zero-order valence-corrected chi connectivity index (χ0v) is 23.3. The molecule has 9 nitrogen and oxygen atoms in total. The van der Waals surface area contributed by atoms with E-state index in [9.17, 15) is 18.5 Å². The van der Waals surface area contributed by atoms with E-state index in [1.807, 2.05) is 43.9 Å². The number of carbonyl (C=O) groups is 1. The molecule has 2 heterocycles. The molecule has 4 rings (SSSR count). The summed E-state index contributed by atoms with van der Waals surface area (Å²) < 4.78 is 28.3. The normalized spacial score (nSPS) is 21.6. The second kappa shape index (κ2) is 12.4. The molecule has 0 aliphatic carbocycles. The van der Waals surface area contributed by atoms with Gasteiger partial charge in [-0.1, -0.05) is 24.6 Å². The third-order valence-corrected chi connectivity index (χ3v) is 9.51. The first-order chi connectivity index (χ1) is 18.2. The lowest BCUT2D eigenvalue weighted by Crippen LogP contribution is -2.59. The standard InChI is InChI=1S/C28H38N6O3S/c1-21-18-32(19-22(2)34(21)38(36,37)26-11-7-9-24(15-26)16-29)20-28(35)31-27-12-8-10-25(23(27)3)17-30-33-13-5-4-6-14-33/h7-12,15,21-22,30H,4-6,13-14,17-20H2,1-3H3,(H,31,35). The predicted molar refractivity (Wildman–Crippen MR) is 148 cm³/mol.